The molecule has 12 rings (SSSR count). The Balaban J connectivity index is 0.000000132. The smallest absolute Gasteiger partial charge is 0.270 e. The molecule has 0 spiro atoms. The van der Waals surface area contributed by atoms with Gasteiger partial charge in [-0.1, -0.05) is 108 Å². The minimum atomic E-state index is -0.562. The topological polar surface area (TPSA) is 245 Å². The summed E-state index contributed by atoms with van der Waals surface area (Å²) < 4.78 is 2.34. The first-order valence-corrected chi connectivity index (χ1v) is 26.9. The lowest BCUT2D eigenvalue weighted by Gasteiger charge is -2.03. The molecule has 3 aromatic carbocycles. The van der Waals surface area contributed by atoms with Crippen molar-refractivity contribution in [3.63, 3.8) is 0 Å². The van der Waals surface area contributed by atoms with Gasteiger partial charge in [0.1, 0.15) is 0 Å². The Morgan fingerprint density at radius 2 is 0.654 bits per heavy atom. The minimum Gasteiger partial charge on any atom is -0.364 e. The number of hydrogen-bond acceptors (Lipinski definition) is 15. The fourth-order valence-electron chi connectivity index (χ4n) is 8.52. The van der Waals surface area contributed by atoms with Crippen LogP contribution in [0.5, 0.6) is 0 Å². The number of aromatic nitrogens is 9. The number of pyridine rings is 3. The third kappa shape index (κ3) is 11.9. The zero-order valence-electron chi connectivity index (χ0n) is 42.4. The van der Waals surface area contributed by atoms with Crippen molar-refractivity contribution in [2.45, 2.75) is 40.0 Å². The summed E-state index contributed by atoms with van der Waals surface area (Å²) in [4.78, 5) is 51.0. The third-order valence-corrected chi connectivity index (χ3v) is 16.2. The summed E-state index contributed by atoms with van der Waals surface area (Å²) in [6.45, 7) is 6.17. The molecular weight excluding hydrogens is 1030 g/mol. The number of nitrogens with zero attached hydrogens (tertiary/aromatic N) is 9. The molecule has 18 heteroatoms. The van der Waals surface area contributed by atoms with Gasteiger partial charge in [-0.05, 0) is 90.6 Å². The van der Waals surface area contributed by atoms with E-state index in [2.05, 4.69) is 157 Å². The molecule has 0 fully saturated rings. The van der Waals surface area contributed by atoms with Crippen molar-refractivity contribution in [1.29, 1.82) is 0 Å². The van der Waals surface area contributed by atoms with E-state index in [4.69, 9.17) is 17.2 Å². The Morgan fingerprint density at radius 1 is 0.385 bits per heavy atom. The SMILES string of the molecule is Cc1ccc(-c2cc3c(Cc4cccnc4)nnc(C(N)=O)c3s2)cc1.Cc1ccc(-c2cc3c(Cc4cccnc4)nnc(C(N)=O)c3s2)cc1.Cc1ccc(-c2cc3c(Cc4cccnc4)nnc(C(N)=O)c3s2)cc1. The maximum atomic E-state index is 11.8. The molecule has 3 amide bonds. The number of nitrogens with two attached hydrogens (primary N) is 3. The summed E-state index contributed by atoms with van der Waals surface area (Å²) in [5, 5.41) is 27.8. The molecule has 0 atom stereocenters. The zero-order valence-corrected chi connectivity index (χ0v) is 44.9. The van der Waals surface area contributed by atoms with Crippen molar-refractivity contribution in [1.82, 2.24) is 45.5 Å². The quantitative estimate of drug-likeness (QED) is 0.103. The second-order valence-corrected chi connectivity index (χ2v) is 21.5. The second-order valence-electron chi connectivity index (χ2n) is 18.4. The lowest BCUT2D eigenvalue weighted by molar-refractivity contribution is 0.0988. The van der Waals surface area contributed by atoms with Crippen LogP contribution in [-0.2, 0) is 19.3 Å². The largest absolute Gasteiger partial charge is 0.364 e. The molecule has 384 valence electrons. The number of aryl methyl sites for hydroxylation is 3. The van der Waals surface area contributed by atoms with Crippen molar-refractivity contribution >= 4 is 82.0 Å². The third-order valence-electron chi connectivity index (χ3n) is 12.6. The van der Waals surface area contributed by atoms with Crippen LogP contribution in [0.2, 0.25) is 0 Å². The van der Waals surface area contributed by atoms with E-state index in [-0.39, 0.29) is 17.1 Å². The van der Waals surface area contributed by atoms with Gasteiger partial charge in [0.2, 0.25) is 0 Å². The highest BCUT2D eigenvalue weighted by molar-refractivity contribution is 7.23. The van der Waals surface area contributed by atoms with Crippen molar-refractivity contribution in [3.8, 4) is 31.3 Å². The van der Waals surface area contributed by atoms with Crippen LogP contribution >= 0.6 is 34.0 Å². The average molecular weight is 1080 g/mol. The van der Waals surface area contributed by atoms with Gasteiger partial charge in [-0.25, -0.2) is 0 Å². The molecule has 0 bridgehead atoms. The predicted octanol–water partition coefficient (Wildman–Crippen LogP) is 11.3. The van der Waals surface area contributed by atoms with Crippen LogP contribution in [0.3, 0.4) is 0 Å². The van der Waals surface area contributed by atoms with E-state index in [1.54, 1.807) is 18.6 Å². The molecule has 0 aliphatic rings. The lowest BCUT2D eigenvalue weighted by Crippen LogP contribution is -2.14. The first kappa shape index (κ1) is 52.1. The van der Waals surface area contributed by atoms with Gasteiger partial charge in [-0.15, -0.1) is 49.3 Å². The van der Waals surface area contributed by atoms with Crippen LogP contribution in [0.25, 0.3) is 61.6 Å². The van der Waals surface area contributed by atoms with Crippen LogP contribution in [0.15, 0.2) is 165 Å². The lowest BCUT2D eigenvalue weighted by atomic mass is 10.1. The Morgan fingerprint density at radius 3 is 0.885 bits per heavy atom. The molecule has 78 heavy (non-hydrogen) atoms. The Bertz CT molecular complexity index is 3690. The zero-order chi connectivity index (χ0) is 54.3. The second kappa shape index (κ2) is 23.3. The molecule has 0 saturated carbocycles. The average Bonchev–Trinajstić information content (AvgIpc) is 4.26. The molecule has 0 aliphatic heterocycles. The molecule has 0 radical (unpaired) electrons. The number of primary amides is 3. The summed E-state index contributed by atoms with van der Waals surface area (Å²) in [6, 6.07) is 42.7. The van der Waals surface area contributed by atoms with E-state index in [1.807, 2.05) is 55.0 Å². The van der Waals surface area contributed by atoms with Crippen LogP contribution in [0.4, 0.5) is 0 Å². The number of rotatable bonds is 12. The summed E-state index contributed by atoms with van der Waals surface area (Å²) in [5.41, 5.74) is 29.6. The van der Waals surface area contributed by atoms with Crippen LogP contribution in [0, 0.1) is 20.8 Å². The molecule has 9 aromatic heterocycles. The summed E-state index contributed by atoms with van der Waals surface area (Å²) in [7, 11) is 0. The molecular formula is C60H48N12O3S3. The normalized spacial score (nSPS) is 11.0. The predicted molar refractivity (Wildman–Crippen MR) is 309 cm³/mol. The first-order chi connectivity index (χ1) is 37.8. The monoisotopic (exact) mass is 1080 g/mol. The molecule has 12 aromatic rings. The fourth-order valence-corrected chi connectivity index (χ4v) is 12.0. The van der Waals surface area contributed by atoms with E-state index >= 15 is 0 Å². The molecule has 0 unspecified atom stereocenters. The number of fused-ring (bicyclic) bond motifs is 3. The number of thiophene rings is 3. The van der Waals surface area contributed by atoms with Crippen LogP contribution in [-0.4, -0.2) is 63.3 Å². The van der Waals surface area contributed by atoms with Gasteiger partial charge in [-0.3, -0.25) is 29.3 Å². The molecule has 9 heterocycles. The maximum absolute atomic E-state index is 11.8. The van der Waals surface area contributed by atoms with Gasteiger partial charge in [0.15, 0.2) is 17.1 Å². The van der Waals surface area contributed by atoms with E-state index in [9.17, 15) is 14.4 Å². The Labute approximate surface area is 460 Å². The van der Waals surface area contributed by atoms with Gasteiger partial charge in [-0.2, -0.15) is 15.3 Å². The van der Waals surface area contributed by atoms with Gasteiger partial charge < -0.3 is 17.2 Å². The molecule has 0 aliphatic carbocycles. The summed E-state index contributed by atoms with van der Waals surface area (Å²) in [6.07, 6.45) is 12.4. The minimum absolute atomic E-state index is 0.221. The number of benzene rings is 3. The maximum Gasteiger partial charge on any atom is 0.270 e. The highest BCUT2D eigenvalue weighted by atomic mass is 32.1. The summed E-state index contributed by atoms with van der Waals surface area (Å²) in [5.74, 6) is -1.69. The number of hydrogen-bond donors (Lipinski definition) is 3. The number of carbonyl (C=O) groups excluding carboxylic acids is 3. The van der Waals surface area contributed by atoms with Crippen molar-refractivity contribution in [2.24, 2.45) is 17.2 Å². The molecule has 15 nitrogen and oxygen atoms in total. The highest BCUT2D eigenvalue weighted by Gasteiger charge is 2.21. The van der Waals surface area contributed by atoms with Crippen LogP contribution in [0.1, 0.15) is 81.9 Å². The standard InChI is InChI=1S/3C20H16N4OS/c3*1-12-4-6-14(7-5-12)17-10-15-16(9-13-3-2-8-22-11-13)23-24-18(20(21)25)19(15)26-17/h3*2-8,10-11H,9H2,1H3,(H2,21,25). The van der Waals surface area contributed by atoms with E-state index in [0.29, 0.717) is 19.3 Å². The van der Waals surface area contributed by atoms with Crippen molar-refractivity contribution in [3.05, 3.63) is 232 Å². The number of carbonyl (C=O) groups is 3. The highest BCUT2D eigenvalue weighted by Crippen LogP contribution is 2.39. The van der Waals surface area contributed by atoms with Gasteiger partial charge in [0.05, 0.1) is 31.2 Å². The van der Waals surface area contributed by atoms with Crippen LogP contribution < -0.4 is 17.2 Å². The van der Waals surface area contributed by atoms with Gasteiger partial charge in [0, 0.05) is 87.2 Å². The van der Waals surface area contributed by atoms with Gasteiger partial charge >= 0.3 is 0 Å². The van der Waals surface area contributed by atoms with E-state index in [1.165, 1.54) is 50.7 Å². The summed E-state index contributed by atoms with van der Waals surface area (Å²) >= 11 is 4.55. The first-order valence-electron chi connectivity index (χ1n) is 24.5. The molecule has 6 N–H and O–H groups in total. The number of amides is 3. The van der Waals surface area contributed by atoms with E-state index < -0.39 is 17.7 Å². The molecule has 0 saturated heterocycles. The van der Waals surface area contributed by atoms with Gasteiger partial charge in [0.25, 0.3) is 17.7 Å². The Hall–Kier alpha value is -9.36. The van der Waals surface area contributed by atoms with Crippen molar-refractivity contribution < 1.29 is 14.4 Å². The fraction of sp³-hybridized carbons (Fsp3) is 0.100. The Kier molecular flexibility index (Phi) is 15.5. The van der Waals surface area contributed by atoms with E-state index in [0.717, 1.165) is 95.4 Å². The van der Waals surface area contributed by atoms with Crippen molar-refractivity contribution in [2.75, 3.05) is 0 Å².